The van der Waals surface area contributed by atoms with Gasteiger partial charge in [-0.15, -0.1) is 11.3 Å². The van der Waals surface area contributed by atoms with E-state index in [9.17, 15) is 9.50 Å². The summed E-state index contributed by atoms with van der Waals surface area (Å²) in [5.74, 6) is -0.237. The fourth-order valence-corrected chi connectivity index (χ4v) is 3.64. The van der Waals surface area contributed by atoms with Crippen LogP contribution in [0.4, 0.5) is 4.39 Å². The Morgan fingerprint density at radius 2 is 2.11 bits per heavy atom. The average Bonchev–Trinajstić information content (AvgIpc) is 2.96. The predicted octanol–water partition coefficient (Wildman–Crippen LogP) is 4.38. The van der Waals surface area contributed by atoms with Crippen molar-refractivity contribution in [2.75, 3.05) is 0 Å². The highest BCUT2D eigenvalue weighted by Gasteiger charge is 2.12. The highest BCUT2D eigenvalue weighted by Crippen LogP contribution is 2.32. The van der Waals surface area contributed by atoms with E-state index in [0.29, 0.717) is 6.42 Å². The van der Waals surface area contributed by atoms with Gasteiger partial charge in [-0.05, 0) is 52.0 Å². The van der Waals surface area contributed by atoms with Crippen LogP contribution < -0.4 is 0 Å². The lowest BCUT2D eigenvalue weighted by Crippen LogP contribution is -1.97. The van der Waals surface area contributed by atoms with Crippen molar-refractivity contribution in [2.45, 2.75) is 12.5 Å². The maximum Gasteiger partial charge on any atom is 0.123 e. The second-order valence-electron chi connectivity index (χ2n) is 4.18. The molecule has 0 aliphatic rings. The average molecular weight is 278 g/mol. The Kier molecular flexibility index (Phi) is 3.16. The van der Waals surface area contributed by atoms with Gasteiger partial charge < -0.3 is 5.11 Å². The molecule has 1 aromatic carbocycles. The molecule has 0 saturated heterocycles. The minimum Gasteiger partial charge on any atom is -0.387 e. The van der Waals surface area contributed by atoms with Crippen LogP contribution >= 0.6 is 22.7 Å². The summed E-state index contributed by atoms with van der Waals surface area (Å²) in [5.41, 5.74) is 1.14. The first-order chi connectivity index (χ1) is 8.72. The van der Waals surface area contributed by atoms with Gasteiger partial charge in [0.1, 0.15) is 5.82 Å². The third kappa shape index (κ3) is 2.32. The molecular formula is C14H11FOS2. The fourth-order valence-electron chi connectivity index (χ4n) is 1.93. The summed E-state index contributed by atoms with van der Waals surface area (Å²) in [6, 6.07) is 8.61. The molecule has 0 aliphatic heterocycles. The minimum absolute atomic E-state index is 0.237. The molecular weight excluding hydrogens is 267 g/mol. The zero-order chi connectivity index (χ0) is 12.5. The van der Waals surface area contributed by atoms with Crippen molar-refractivity contribution < 1.29 is 9.50 Å². The van der Waals surface area contributed by atoms with Gasteiger partial charge in [0.2, 0.25) is 0 Å². The van der Waals surface area contributed by atoms with Crippen molar-refractivity contribution in [3.63, 3.8) is 0 Å². The topological polar surface area (TPSA) is 20.2 Å². The van der Waals surface area contributed by atoms with Gasteiger partial charge in [-0.1, -0.05) is 0 Å². The van der Waals surface area contributed by atoms with Gasteiger partial charge in [0.15, 0.2) is 0 Å². The summed E-state index contributed by atoms with van der Waals surface area (Å²) in [5, 5.41) is 15.1. The van der Waals surface area contributed by atoms with Gasteiger partial charge in [0, 0.05) is 16.0 Å². The number of aliphatic hydroxyl groups excluding tert-OH is 1. The van der Waals surface area contributed by atoms with Crippen molar-refractivity contribution in [2.24, 2.45) is 0 Å². The second kappa shape index (κ2) is 4.80. The van der Waals surface area contributed by atoms with Crippen molar-refractivity contribution in [3.8, 4) is 0 Å². The van der Waals surface area contributed by atoms with Gasteiger partial charge in [0.05, 0.1) is 6.10 Å². The molecule has 2 aromatic heterocycles. The van der Waals surface area contributed by atoms with E-state index in [4.69, 9.17) is 0 Å². The van der Waals surface area contributed by atoms with Gasteiger partial charge in [0.25, 0.3) is 0 Å². The SMILES string of the molecule is OC(Cc1ccsc1)c1cc2cc(F)ccc2s1. The van der Waals surface area contributed by atoms with Gasteiger partial charge in [-0.3, -0.25) is 0 Å². The molecule has 0 aliphatic carbocycles. The Morgan fingerprint density at radius 3 is 2.89 bits per heavy atom. The molecule has 18 heavy (non-hydrogen) atoms. The van der Waals surface area contributed by atoms with Gasteiger partial charge in [-0.25, -0.2) is 4.39 Å². The molecule has 2 heterocycles. The number of aliphatic hydroxyl groups is 1. The Hall–Kier alpha value is -1.23. The molecule has 1 nitrogen and oxygen atoms in total. The number of rotatable bonds is 3. The number of halogens is 1. The molecule has 0 radical (unpaired) electrons. The van der Waals surface area contributed by atoms with E-state index in [1.807, 2.05) is 22.9 Å². The maximum atomic E-state index is 13.1. The molecule has 92 valence electrons. The largest absolute Gasteiger partial charge is 0.387 e. The summed E-state index contributed by atoms with van der Waals surface area (Å²) in [6.07, 6.45) is 0.0961. The second-order valence-corrected chi connectivity index (χ2v) is 6.08. The highest BCUT2D eigenvalue weighted by atomic mass is 32.1. The third-order valence-corrected chi connectivity index (χ3v) is 4.78. The highest BCUT2D eigenvalue weighted by molar-refractivity contribution is 7.19. The van der Waals surface area contributed by atoms with Crippen LogP contribution in [0.15, 0.2) is 41.1 Å². The van der Waals surface area contributed by atoms with Crippen LogP contribution in [0, 0.1) is 5.82 Å². The van der Waals surface area contributed by atoms with Crippen LogP contribution in [0.3, 0.4) is 0 Å². The number of hydrogen-bond acceptors (Lipinski definition) is 3. The van der Waals surface area contributed by atoms with Gasteiger partial charge >= 0.3 is 0 Å². The Labute approximate surface area is 112 Å². The Morgan fingerprint density at radius 1 is 1.22 bits per heavy atom. The first kappa shape index (κ1) is 11.8. The minimum atomic E-state index is -0.514. The van der Waals surface area contributed by atoms with Crippen LogP contribution in [-0.2, 0) is 6.42 Å². The molecule has 1 N–H and O–H groups in total. The van der Waals surface area contributed by atoms with E-state index in [1.165, 1.54) is 23.5 Å². The summed E-state index contributed by atoms with van der Waals surface area (Å²) >= 11 is 3.15. The molecule has 3 rings (SSSR count). The van der Waals surface area contributed by atoms with E-state index in [0.717, 1.165) is 20.5 Å². The molecule has 0 bridgehead atoms. The number of fused-ring (bicyclic) bond motifs is 1. The molecule has 1 unspecified atom stereocenters. The standard InChI is InChI=1S/C14H11FOS2/c15-11-1-2-13-10(6-11)7-14(18-13)12(16)5-9-3-4-17-8-9/h1-4,6-8,12,16H,5H2. The van der Waals surface area contributed by atoms with Crippen LogP contribution in [0.2, 0.25) is 0 Å². The molecule has 1 atom stereocenters. The molecule has 0 amide bonds. The van der Waals surface area contributed by atoms with E-state index in [1.54, 1.807) is 17.4 Å². The fraction of sp³-hybridized carbons (Fsp3) is 0.143. The predicted molar refractivity (Wildman–Crippen MR) is 74.8 cm³/mol. The monoisotopic (exact) mass is 278 g/mol. The normalized spacial score (nSPS) is 13.0. The maximum absolute atomic E-state index is 13.1. The molecule has 0 fully saturated rings. The van der Waals surface area contributed by atoms with Gasteiger partial charge in [-0.2, -0.15) is 11.3 Å². The van der Waals surface area contributed by atoms with Crippen LogP contribution in [0.1, 0.15) is 16.5 Å². The van der Waals surface area contributed by atoms with E-state index < -0.39 is 6.10 Å². The molecule has 3 aromatic rings. The number of thiophene rings is 2. The molecule has 0 saturated carbocycles. The van der Waals surface area contributed by atoms with Crippen molar-refractivity contribution in [1.82, 2.24) is 0 Å². The number of hydrogen-bond donors (Lipinski definition) is 1. The third-order valence-electron chi connectivity index (χ3n) is 2.83. The summed E-state index contributed by atoms with van der Waals surface area (Å²) in [4.78, 5) is 0.891. The lowest BCUT2D eigenvalue weighted by atomic mass is 10.1. The smallest absolute Gasteiger partial charge is 0.123 e. The lowest BCUT2D eigenvalue weighted by Gasteiger charge is -2.05. The van der Waals surface area contributed by atoms with Crippen molar-refractivity contribution in [1.29, 1.82) is 0 Å². The van der Waals surface area contributed by atoms with Crippen molar-refractivity contribution >= 4 is 32.8 Å². The summed E-state index contributed by atoms with van der Waals surface area (Å²) < 4.78 is 14.1. The van der Waals surface area contributed by atoms with E-state index in [2.05, 4.69) is 0 Å². The van der Waals surface area contributed by atoms with E-state index >= 15 is 0 Å². The summed E-state index contributed by atoms with van der Waals surface area (Å²) in [7, 11) is 0. The van der Waals surface area contributed by atoms with E-state index in [-0.39, 0.29) is 5.82 Å². The van der Waals surface area contributed by atoms with Crippen LogP contribution in [0.25, 0.3) is 10.1 Å². The zero-order valence-electron chi connectivity index (χ0n) is 9.47. The zero-order valence-corrected chi connectivity index (χ0v) is 11.1. The van der Waals surface area contributed by atoms with Crippen LogP contribution in [0.5, 0.6) is 0 Å². The lowest BCUT2D eigenvalue weighted by molar-refractivity contribution is 0.182. The summed E-state index contributed by atoms with van der Waals surface area (Å²) in [6.45, 7) is 0. The first-order valence-electron chi connectivity index (χ1n) is 5.60. The first-order valence-corrected chi connectivity index (χ1v) is 7.36. The number of benzene rings is 1. The van der Waals surface area contributed by atoms with Crippen LogP contribution in [-0.4, -0.2) is 5.11 Å². The Bertz CT molecular complexity index is 658. The molecule has 4 heteroatoms. The van der Waals surface area contributed by atoms with Crippen molar-refractivity contribution in [3.05, 3.63) is 57.3 Å². The Balaban J connectivity index is 1.89. The molecule has 0 spiro atoms. The quantitative estimate of drug-likeness (QED) is 0.754.